The molecule has 1 unspecified atom stereocenters. The highest BCUT2D eigenvalue weighted by atomic mass is 16.5. The van der Waals surface area contributed by atoms with Gasteiger partial charge in [0.05, 0.1) is 12.8 Å². The molecule has 0 aliphatic heterocycles. The van der Waals surface area contributed by atoms with E-state index in [0.29, 0.717) is 0 Å². The smallest absolute Gasteiger partial charge is 0.142 e. The van der Waals surface area contributed by atoms with Crippen LogP contribution in [0.25, 0.3) is 0 Å². The lowest BCUT2D eigenvalue weighted by molar-refractivity contribution is 0.414. The minimum atomic E-state index is 0.208. The molecular weight excluding hydrogens is 188 g/mol. The monoisotopic (exact) mass is 208 g/mol. The number of nitrogens with two attached hydrogens (primary N) is 1. The van der Waals surface area contributed by atoms with Gasteiger partial charge in [0.15, 0.2) is 0 Å². The number of nitrogens with zero attached hydrogens (tertiary/aromatic N) is 1. The van der Waals surface area contributed by atoms with Gasteiger partial charge in [-0.3, -0.25) is 0 Å². The third kappa shape index (κ3) is 3.13. The molecule has 0 fully saturated rings. The van der Waals surface area contributed by atoms with Gasteiger partial charge in [-0.25, -0.2) is 0 Å². The van der Waals surface area contributed by atoms with Crippen molar-refractivity contribution in [3.05, 3.63) is 24.3 Å². The van der Waals surface area contributed by atoms with Crippen molar-refractivity contribution >= 4 is 5.69 Å². The van der Waals surface area contributed by atoms with E-state index in [2.05, 4.69) is 11.8 Å². The van der Waals surface area contributed by atoms with Crippen LogP contribution in [-0.4, -0.2) is 26.7 Å². The summed E-state index contributed by atoms with van der Waals surface area (Å²) in [5.41, 5.74) is 7.01. The van der Waals surface area contributed by atoms with Crippen molar-refractivity contribution < 1.29 is 4.74 Å². The van der Waals surface area contributed by atoms with E-state index in [4.69, 9.17) is 10.5 Å². The number of likely N-dealkylation sites (N-methyl/N-ethyl adjacent to an activating group) is 1. The molecule has 0 spiro atoms. The second kappa shape index (κ2) is 5.61. The van der Waals surface area contributed by atoms with Crippen molar-refractivity contribution in [1.29, 1.82) is 0 Å². The van der Waals surface area contributed by atoms with Crippen LogP contribution in [0.5, 0.6) is 5.75 Å². The fourth-order valence-corrected chi connectivity index (χ4v) is 1.52. The summed E-state index contributed by atoms with van der Waals surface area (Å²) >= 11 is 0. The number of ether oxygens (including phenoxy) is 1. The van der Waals surface area contributed by atoms with Crippen LogP contribution in [0.15, 0.2) is 24.3 Å². The Morgan fingerprint density at radius 3 is 2.67 bits per heavy atom. The minimum Gasteiger partial charge on any atom is -0.495 e. The van der Waals surface area contributed by atoms with Gasteiger partial charge in [0.25, 0.3) is 0 Å². The highest BCUT2D eigenvalue weighted by Gasteiger charge is 2.09. The lowest BCUT2D eigenvalue weighted by Gasteiger charge is -2.24. The Morgan fingerprint density at radius 1 is 1.40 bits per heavy atom. The topological polar surface area (TPSA) is 38.5 Å². The molecule has 0 bridgehead atoms. The van der Waals surface area contributed by atoms with Gasteiger partial charge in [0, 0.05) is 19.6 Å². The Labute approximate surface area is 91.8 Å². The second-order valence-corrected chi connectivity index (χ2v) is 3.72. The number of rotatable bonds is 5. The molecule has 0 saturated heterocycles. The maximum Gasteiger partial charge on any atom is 0.142 e. The highest BCUT2D eigenvalue weighted by molar-refractivity contribution is 5.57. The first-order valence-electron chi connectivity index (χ1n) is 5.28. The first kappa shape index (κ1) is 11.9. The van der Waals surface area contributed by atoms with E-state index in [1.165, 1.54) is 0 Å². The van der Waals surface area contributed by atoms with Gasteiger partial charge in [0.1, 0.15) is 5.75 Å². The predicted octanol–water partition coefficient (Wildman–Crippen LogP) is 1.87. The molecule has 2 N–H and O–H groups in total. The number of benzene rings is 1. The Morgan fingerprint density at radius 2 is 2.07 bits per heavy atom. The minimum absolute atomic E-state index is 0.208. The van der Waals surface area contributed by atoms with Gasteiger partial charge in [-0.15, -0.1) is 0 Å². The van der Waals surface area contributed by atoms with Crippen molar-refractivity contribution in [3.63, 3.8) is 0 Å². The number of methoxy groups -OCH3 is 1. The van der Waals surface area contributed by atoms with Crippen molar-refractivity contribution in [3.8, 4) is 5.75 Å². The van der Waals surface area contributed by atoms with Crippen molar-refractivity contribution in [1.82, 2.24) is 0 Å². The van der Waals surface area contributed by atoms with E-state index in [1.807, 2.05) is 31.3 Å². The first-order valence-corrected chi connectivity index (χ1v) is 5.28. The average Bonchev–Trinajstić information content (AvgIpc) is 2.28. The quantitative estimate of drug-likeness (QED) is 0.802. The standard InChI is InChI=1S/C12H20N2O/c1-4-10(13)9-14(2)11-7-5-6-8-12(11)15-3/h5-8,10H,4,9,13H2,1-3H3. The van der Waals surface area contributed by atoms with E-state index in [1.54, 1.807) is 7.11 Å². The van der Waals surface area contributed by atoms with Crippen LogP contribution in [0.1, 0.15) is 13.3 Å². The fraction of sp³-hybridized carbons (Fsp3) is 0.500. The largest absolute Gasteiger partial charge is 0.495 e. The Bertz CT molecular complexity index is 301. The molecule has 0 aliphatic rings. The van der Waals surface area contributed by atoms with Gasteiger partial charge < -0.3 is 15.4 Å². The third-order valence-corrected chi connectivity index (χ3v) is 2.53. The lowest BCUT2D eigenvalue weighted by atomic mass is 10.2. The number of hydrogen-bond donors (Lipinski definition) is 1. The molecule has 1 aromatic rings. The number of anilines is 1. The van der Waals surface area contributed by atoms with Gasteiger partial charge in [-0.2, -0.15) is 0 Å². The van der Waals surface area contributed by atoms with Crippen LogP contribution in [0.4, 0.5) is 5.69 Å². The zero-order valence-corrected chi connectivity index (χ0v) is 9.73. The van der Waals surface area contributed by atoms with Crippen LogP contribution in [-0.2, 0) is 0 Å². The average molecular weight is 208 g/mol. The summed E-state index contributed by atoms with van der Waals surface area (Å²) in [5.74, 6) is 0.892. The van der Waals surface area contributed by atoms with E-state index >= 15 is 0 Å². The molecule has 1 atom stereocenters. The molecule has 0 aromatic heterocycles. The Balaban J connectivity index is 2.76. The molecular formula is C12H20N2O. The van der Waals surface area contributed by atoms with Crippen LogP contribution in [0.2, 0.25) is 0 Å². The molecule has 0 radical (unpaired) electrons. The van der Waals surface area contributed by atoms with Crippen molar-refractivity contribution in [2.24, 2.45) is 5.73 Å². The maximum absolute atomic E-state index is 5.92. The van der Waals surface area contributed by atoms with Gasteiger partial charge in [0.2, 0.25) is 0 Å². The predicted molar refractivity (Wildman–Crippen MR) is 64.5 cm³/mol. The summed E-state index contributed by atoms with van der Waals surface area (Å²) in [5, 5.41) is 0. The molecule has 3 heteroatoms. The summed E-state index contributed by atoms with van der Waals surface area (Å²) in [7, 11) is 3.72. The van der Waals surface area contributed by atoms with Crippen molar-refractivity contribution in [2.75, 3.05) is 25.6 Å². The summed E-state index contributed by atoms with van der Waals surface area (Å²) in [6, 6.07) is 8.19. The molecule has 3 nitrogen and oxygen atoms in total. The van der Waals surface area contributed by atoms with Gasteiger partial charge in [-0.1, -0.05) is 19.1 Å². The Hall–Kier alpha value is -1.22. The number of hydrogen-bond acceptors (Lipinski definition) is 3. The van der Waals surface area contributed by atoms with Crippen molar-refractivity contribution in [2.45, 2.75) is 19.4 Å². The SMILES string of the molecule is CCC(N)CN(C)c1ccccc1OC. The summed E-state index contributed by atoms with van der Waals surface area (Å²) < 4.78 is 5.30. The van der Waals surface area contributed by atoms with Crippen LogP contribution < -0.4 is 15.4 Å². The molecule has 15 heavy (non-hydrogen) atoms. The molecule has 84 valence electrons. The van der Waals surface area contributed by atoms with Crippen LogP contribution in [0.3, 0.4) is 0 Å². The Kier molecular flexibility index (Phi) is 4.43. The zero-order chi connectivity index (χ0) is 11.3. The summed E-state index contributed by atoms with van der Waals surface area (Å²) in [6.45, 7) is 2.94. The zero-order valence-electron chi connectivity index (χ0n) is 9.73. The second-order valence-electron chi connectivity index (χ2n) is 3.72. The third-order valence-electron chi connectivity index (χ3n) is 2.53. The molecule has 0 heterocycles. The van der Waals surface area contributed by atoms with E-state index in [-0.39, 0.29) is 6.04 Å². The maximum atomic E-state index is 5.92. The van der Waals surface area contributed by atoms with Crippen LogP contribution >= 0.6 is 0 Å². The highest BCUT2D eigenvalue weighted by Crippen LogP contribution is 2.26. The molecule has 1 rings (SSSR count). The molecule has 0 amide bonds. The molecule has 0 saturated carbocycles. The van der Waals surface area contributed by atoms with E-state index in [9.17, 15) is 0 Å². The normalized spacial score (nSPS) is 12.3. The van der Waals surface area contributed by atoms with E-state index in [0.717, 1.165) is 24.4 Å². The lowest BCUT2D eigenvalue weighted by Crippen LogP contribution is -2.34. The summed E-state index contributed by atoms with van der Waals surface area (Å²) in [6.07, 6.45) is 0.986. The van der Waals surface area contributed by atoms with E-state index < -0.39 is 0 Å². The summed E-state index contributed by atoms with van der Waals surface area (Å²) in [4.78, 5) is 2.13. The number of para-hydroxylation sites is 2. The molecule has 0 aliphatic carbocycles. The van der Waals surface area contributed by atoms with Gasteiger partial charge in [-0.05, 0) is 18.6 Å². The first-order chi connectivity index (χ1) is 7.19. The van der Waals surface area contributed by atoms with Crippen LogP contribution in [0, 0.1) is 0 Å². The molecule has 1 aromatic carbocycles. The fourth-order valence-electron chi connectivity index (χ4n) is 1.52. The van der Waals surface area contributed by atoms with Gasteiger partial charge >= 0.3 is 0 Å².